The van der Waals surface area contributed by atoms with Gasteiger partial charge >= 0.3 is 5.97 Å². The Morgan fingerprint density at radius 3 is 2.32 bits per heavy atom. The van der Waals surface area contributed by atoms with Gasteiger partial charge in [-0.15, -0.1) is 0 Å². The molecule has 2 N–H and O–H groups in total. The number of aromatic nitrogens is 1. The van der Waals surface area contributed by atoms with Gasteiger partial charge in [0.05, 0.1) is 17.8 Å². The first-order chi connectivity index (χ1) is 16.0. The number of thiazole rings is 1. The molecule has 0 aliphatic heterocycles. The van der Waals surface area contributed by atoms with Crippen LogP contribution in [0.4, 0.5) is 10.8 Å². The third-order valence-electron chi connectivity index (χ3n) is 5.34. The van der Waals surface area contributed by atoms with Crippen LogP contribution in [0.15, 0.2) is 28.5 Å². The highest BCUT2D eigenvalue weighted by Crippen LogP contribution is 2.30. The highest BCUT2D eigenvalue weighted by Gasteiger charge is 2.33. The number of sulfone groups is 1. The molecule has 1 fully saturated rings. The third kappa shape index (κ3) is 6.26. The second-order valence-corrected chi connectivity index (χ2v) is 11.4. The van der Waals surface area contributed by atoms with Crippen molar-refractivity contribution >= 4 is 55.7 Å². The number of nitrogens with one attached hydrogen (secondary N) is 1. The minimum atomic E-state index is -3.77. The van der Waals surface area contributed by atoms with Crippen LogP contribution in [0.3, 0.4) is 0 Å². The van der Waals surface area contributed by atoms with Crippen LogP contribution in [0.2, 0.25) is 0 Å². The van der Waals surface area contributed by atoms with Crippen molar-refractivity contribution in [3.05, 3.63) is 35.5 Å². The van der Waals surface area contributed by atoms with Gasteiger partial charge < -0.3 is 10.4 Å². The van der Waals surface area contributed by atoms with Gasteiger partial charge in [-0.1, -0.05) is 41.9 Å². The molecule has 0 radical (unpaired) electrons. The highest BCUT2D eigenvalue weighted by molar-refractivity contribution is 7.92. The number of amides is 3. The van der Waals surface area contributed by atoms with Gasteiger partial charge in [0.1, 0.15) is 10.6 Å². The van der Waals surface area contributed by atoms with Crippen LogP contribution >= 0.6 is 11.3 Å². The molecule has 0 atom stereocenters. The van der Waals surface area contributed by atoms with Gasteiger partial charge in [0.2, 0.25) is 17.7 Å². The van der Waals surface area contributed by atoms with E-state index in [9.17, 15) is 27.6 Å². The van der Waals surface area contributed by atoms with E-state index in [0.29, 0.717) is 29.9 Å². The Morgan fingerprint density at radius 1 is 1.15 bits per heavy atom. The first-order valence-electron chi connectivity index (χ1n) is 10.6. The third-order valence-corrected chi connectivity index (χ3v) is 8.22. The second-order valence-electron chi connectivity index (χ2n) is 8.21. The van der Waals surface area contributed by atoms with Crippen molar-refractivity contribution in [1.82, 2.24) is 4.98 Å². The van der Waals surface area contributed by atoms with E-state index in [-0.39, 0.29) is 26.9 Å². The van der Waals surface area contributed by atoms with E-state index in [2.05, 4.69) is 10.3 Å². The highest BCUT2D eigenvalue weighted by atomic mass is 32.2. The van der Waals surface area contributed by atoms with E-state index in [4.69, 9.17) is 5.11 Å². The number of anilines is 2. The number of imide groups is 1. The molecule has 10 nitrogen and oxygen atoms in total. The number of hydrogen-bond donors (Lipinski definition) is 2. The van der Waals surface area contributed by atoms with Crippen molar-refractivity contribution in [3.8, 4) is 0 Å². The number of rotatable bonds is 8. The molecule has 1 aromatic heterocycles. The minimum absolute atomic E-state index is 0.140. The Bertz CT molecular complexity index is 1210. The maximum atomic E-state index is 13.1. The maximum absolute atomic E-state index is 13.1. The van der Waals surface area contributed by atoms with Gasteiger partial charge in [-0.3, -0.25) is 19.2 Å². The predicted molar refractivity (Wildman–Crippen MR) is 125 cm³/mol. The van der Waals surface area contributed by atoms with Crippen LogP contribution in [0.25, 0.3) is 0 Å². The number of carboxylic acid groups (broad SMARTS) is 1. The van der Waals surface area contributed by atoms with Gasteiger partial charge in [-0.05, 0) is 31.9 Å². The van der Waals surface area contributed by atoms with Gasteiger partial charge in [-0.25, -0.2) is 18.3 Å². The number of hydrogen-bond acceptors (Lipinski definition) is 8. The molecule has 182 valence electrons. The summed E-state index contributed by atoms with van der Waals surface area (Å²) in [5.41, 5.74) is 1.13. The largest absolute Gasteiger partial charge is 0.481 e. The summed E-state index contributed by atoms with van der Waals surface area (Å²) in [7, 11) is -3.77. The van der Waals surface area contributed by atoms with Gasteiger partial charge in [0.15, 0.2) is 15.0 Å². The summed E-state index contributed by atoms with van der Waals surface area (Å²) >= 11 is 0.611. The second kappa shape index (κ2) is 10.4. The zero-order valence-electron chi connectivity index (χ0n) is 18.7. The molecule has 1 aliphatic rings. The van der Waals surface area contributed by atoms with Crippen molar-refractivity contribution in [2.24, 2.45) is 5.92 Å². The molecule has 1 aliphatic carbocycles. The van der Waals surface area contributed by atoms with E-state index in [1.54, 1.807) is 24.3 Å². The topological polar surface area (TPSA) is 151 Å². The number of nitrogens with zero attached hydrogens (tertiary/aromatic N) is 2. The first-order valence-corrected chi connectivity index (χ1v) is 13.3. The Balaban J connectivity index is 1.79. The lowest BCUT2D eigenvalue weighted by Crippen LogP contribution is -2.42. The summed E-state index contributed by atoms with van der Waals surface area (Å²) < 4.78 is 23.6. The Morgan fingerprint density at radius 2 is 1.76 bits per heavy atom. The number of carbonyl (C=O) groups is 4. The van der Waals surface area contributed by atoms with Crippen LogP contribution < -0.4 is 10.2 Å². The normalized spacial score (nSPS) is 14.1. The lowest BCUT2D eigenvalue weighted by molar-refractivity contribution is -0.136. The molecule has 2 aromatic rings. The quantitative estimate of drug-likeness (QED) is 0.518. The van der Waals surface area contributed by atoms with E-state index in [0.717, 1.165) is 29.6 Å². The standard InChI is InChI=1S/C22H25N3O7S2/c1-13-7-9-15(10-8-13)25(20(30)14-5-3-4-6-14)18(27)12-17(26)24-22-23-16(11-19(28)29)21(33-22)34(2,31)32/h7-10,14H,3-6,11-12H2,1-2H3,(H,28,29)(H,23,24,26). The average molecular weight is 508 g/mol. The zero-order valence-corrected chi connectivity index (χ0v) is 20.4. The fourth-order valence-electron chi connectivity index (χ4n) is 3.76. The Labute approximate surface area is 200 Å². The molecule has 0 saturated heterocycles. The van der Waals surface area contributed by atoms with Crippen molar-refractivity contribution in [2.45, 2.75) is 49.7 Å². The minimum Gasteiger partial charge on any atom is -0.481 e. The number of aryl methyl sites for hydroxylation is 1. The fourth-order valence-corrected chi connectivity index (χ4v) is 5.88. The molecule has 0 spiro atoms. The summed E-state index contributed by atoms with van der Waals surface area (Å²) in [4.78, 5) is 54.7. The monoisotopic (exact) mass is 507 g/mol. The van der Waals surface area contributed by atoms with Crippen molar-refractivity contribution < 1.29 is 32.7 Å². The molecule has 0 bridgehead atoms. The molecule has 12 heteroatoms. The summed E-state index contributed by atoms with van der Waals surface area (Å²) in [6.07, 6.45) is 2.77. The molecular formula is C22H25N3O7S2. The summed E-state index contributed by atoms with van der Waals surface area (Å²) in [6, 6.07) is 6.83. The first kappa shape index (κ1) is 25.5. The van der Waals surface area contributed by atoms with Crippen LogP contribution in [0.1, 0.15) is 43.4 Å². The van der Waals surface area contributed by atoms with Crippen molar-refractivity contribution in [3.63, 3.8) is 0 Å². The molecule has 34 heavy (non-hydrogen) atoms. The molecular weight excluding hydrogens is 482 g/mol. The number of aliphatic carboxylic acids is 1. The molecule has 3 rings (SSSR count). The SMILES string of the molecule is Cc1ccc(N(C(=O)CC(=O)Nc2nc(CC(=O)O)c(S(C)(=O)=O)s2)C(=O)C2CCCC2)cc1. The Kier molecular flexibility index (Phi) is 7.82. The van der Waals surface area contributed by atoms with E-state index >= 15 is 0 Å². The van der Waals surface area contributed by atoms with Gasteiger partial charge in [0.25, 0.3) is 0 Å². The molecule has 1 heterocycles. The van der Waals surface area contributed by atoms with Crippen LogP contribution in [-0.4, -0.2) is 48.5 Å². The molecule has 0 unspecified atom stereocenters. The lowest BCUT2D eigenvalue weighted by atomic mass is 10.1. The lowest BCUT2D eigenvalue weighted by Gasteiger charge is -2.24. The molecule has 1 aromatic carbocycles. The molecule has 1 saturated carbocycles. The van der Waals surface area contributed by atoms with Crippen LogP contribution in [-0.2, 0) is 35.4 Å². The van der Waals surface area contributed by atoms with E-state index in [1.165, 1.54) is 0 Å². The summed E-state index contributed by atoms with van der Waals surface area (Å²) in [5, 5.41) is 11.2. The van der Waals surface area contributed by atoms with Gasteiger partial charge in [0, 0.05) is 12.2 Å². The van der Waals surface area contributed by atoms with E-state index in [1.807, 2.05) is 6.92 Å². The maximum Gasteiger partial charge on any atom is 0.309 e. The van der Waals surface area contributed by atoms with Gasteiger partial charge in [-0.2, -0.15) is 0 Å². The Hall–Kier alpha value is -3.12. The fraction of sp³-hybridized carbons (Fsp3) is 0.409. The number of benzene rings is 1. The van der Waals surface area contributed by atoms with Crippen LogP contribution in [0, 0.1) is 12.8 Å². The zero-order chi connectivity index (χ0) is 25.0. The van der Waals surface area contributed by atoms with Crippen molar-refractivity contribution in [1.29, 1.82) is 0 Å². The van der Waals surface area contributed by atoms with Crippen LogP contribution in [0.5, 0.6) is 0 Å². The predicted octanol–water partition coefficient (Wildman–Crippen LogP) is 2.56. The smallest absolute Gasteiger partial charge is 0.309 e. The summed E-state index contributed by atoms with van der Waals surface area (Å²) in [6.45, 7) is 1.87. The average Bonchev–Trinajstić information content (AvgIpc) is 3.39. The van der Waals surface area contributed by atoms with Crippen molar-refractivity contribution in [2.75, 3.05) is 16.5 Å². The number of carbonyl (C=O) groups excluding carboxylic acids is 3. The van der Waals surface area contributed by atoms with E-state index < -0.39 is 40.5 Å². The molecule has 3 amide bonds. The number of carboxylic acids is 1. The summed E-state index contributed by atoms with van der Waals surface area (Å²) in [5.74, 6) is -3.43.